The van der Waals surface area contributed by atoms with Crippen LogP contribution in [0.2, 0.25) is 0 Å². The van der Waals surface area contributed by atoms with Gasteiger partial charge in [-0.05, 0) is 25.2 Å². The van der Waals surface area contributed by atoms with Crippen LogP contribution in [0.1, 0.15) is 5.56 Å². The molecule has 1 N–H and O–H groups in total. The number of piperazine rings is 1. The Morgan fingerprint density at radius 1 is 1.04 bits per heavy atom. The van der Waals surface area contributed by atoms with Crippen molar-refractivity contribution in [3.05, 3.63) is 48.0 Å². The molecule has 0 aromatic heterocycles. The molecule has 0 bridgehead atoms. The minimum absolute atomic E-state index is 0.0694. The lowest BCUT2D eigenvalue weighted by Crippen LogP contribution is -2.44. The van der Waals surface area contributed by atoms with Gasteiger partial charge in [0.2, 0.25) is 5.91 Å². The van der Waals surface area contributed by atoms with Crippen molar-refractivity contribution in [2.75, 3.05) is 57.7 Å². The van der Waals surface area contributed by atoms with Crippen LogP contribution in [0.3, 0.4) is 0 Å². The number of methoxy groups -OCH3 is 2. The SMILES string of the molecule is COc1ccc(CC(=O)Nc2ccccc2N2CCN(C)CC2)c(OC)c1. The van der Waals surface area contributed by atoms with E-state index in [0.717, 1.165) is 43.1 Å². The standard InChI is InChI=1S/C21H27N3O3/c1-23-10-12-24(13-11-23)19-7-5-4-6-18(19)22-21(25)14-16-8-9-17(26-2)15-20(16)27-3/h4-9,15H,10-14H2,1-3H3,(H,22,25). The summed E-state index contributed by atoms with van der Waals surface area (Å²) in [6.07, 6.45) is 0.240. The number of carbonyl (C=O) groups is 1. The van der Waals surface area contributed by atoms with Crippen LogP contribution in [0.5, 0.6) is 11.5 Å². The lowest BCUT2D eigenvalue weighted by atomic mass is 10.1. The minimum Gasteiger partial charge on any atom is -0.497 e. The summed E-state index contributed by atoms with van der Waals surface area (Å²) in [5, 5.41) is 3.07. The first-order chi connectivity index (χ1) is 13.1. The zero-order valence-corrected chi connectivity index (χ0v) is 16.2. The van der Waals surface area contributed by atoms with Gasteiger partial charge < -0.3 is 24.6 Å². The predicted octanol–water partition coefficient (Wildman–Crippen LogP) is 2.64. The fraction of sp³-hybridized carbons (Fsp3) is 0.381. The molecule has 6 heteroatoms. The number of hydrogen-bond donors (Lipinski definition) is 1. The van der Waals surface area contributed by atoms with E-state index in [2.05, 4.69) is 28.2 Å². The normalized spacial score (nSPS) is 14.7. The molecular formula is C21H27N3O3. The zero-order valence-electron chi connectivity index (χ0n) is 16.2. The summed E-state index contributed by atoms with van der Waals surface area (Å²) in [6.45, 7) is 3.95. The lowest BCUT2D eigenvalue weighted by Gasteiger charge is -2.35. The molecule has 1 heterocycles. The molecule has 0 atom stereocenters. The number of rotatable bonds is 6. The van der Waals surface area contributed by atoms with Gasteiger partial charge in [-0.25, -0.2) is 0 Å². The van der Waals surface area contributed by atoms with Crippen LogP contribution in [-0.4, -0.2) is 58.3 Å². The third-order valence-electron chi connectivity index (χ3n) is 4.87. The zero-order chi connectivity index (χ0) is 19.2. The first kappa shape index (κ1) is 19.0. The first-order valence-corrected chi connectivity index (χ1v) is 9.14. The van der Waals surface area contributed by atoms with Gasteiger partial charge in [0.05, 0.1) is 32.0 Å². The fourth-order valence-corrected chi connectivity index (χ4v) is 3.27. The van der Waals surface area contributed by atoms with E-state index in [1.165, 1.54) is 0 Å². The van der Waals surface area contributed by atoms with Crippen LogP contribution in [0.25, 0.3) is 0 Å². The fourth-order valence-electron chi connectivity index (χ4n) is 3.27. The number of anilines is 2. The molecule has 1 fully saturated rings. The predicted molar refractivity (Wildman–Crippen MR) is 108 cm³/mol. The van der Waals surface area contributed by atoms with Crippen molar-refractivity contribution in [3.63, 3.8) is 0 Å². The molecule has 0 spiro atoms. The lowest BCUT2D eigenvalue weighted by molar-refractivity contribution is -0.115. The highest BCUT2D eigenvalue weighted by molar-refractivity contribution is 5.95. The number of nitrogens with zero attached hydrogens (tertiary/aromatic N) is 2. The van der Waals surface area contributed by atoms with Crippen molar-refractivity contribution < 1.29 is 14.3 Å². The second-order valence-corrected chi connectivity index (χ2v) is 6.71. The number of carbonyl (C=O) groups excluding carboxylic acids is 1. The van der Waals surface area contributed by atoms with E-state index in [9.17, 15) is 4.79 Å². The Hall–Kier alpha value is -2.73. The molecule has 0 unspecified atom stereocenters. The monoisotopic (exact) mass is 369 g/mol. The Balaban J connectivity index is 1.72. The maximum Gasteiger partial charge on any atom is 0.228 e. The van der Waals surface area contributed by atoms with Crippen LogP contribution < -0.4 is 19.7 Å². The summed E-state index contributed by atoms with van der Waals surface area (Å²) < 4.78 is 10.6. The van der Waals surface area contributed by atoms with Crippen LogP contribution in [0.15, 0.2) is 42.5 Å². The van der Waals surface area contributed by atoms with Gasteiger partial charge in [-0.3, -0.25) is 4.79 Å². The molecule has 1 saturated heterocycles. The second kappa shape index (κ2) is 8.77. The summed E-state index contributed by atoms with van der Waals surface area (Å²) in [4.78, 5) is 17.3. The number of nitrogens with one attached hydrogen (secondary N) is 1. The van der Waals surface area contributed by atoms with E-state index < -0.39 is 0 Å². The topological polar surface area (TPSA) is 54.0 Å². The summed E-state index contributed by atoms with van der Waals surface area (Å²) in [5.41, 5.74) is 2.74. The van der Waals surface area contributed by atoms with Gasteiger partial charge >= 0.3 is 0 Å². The Morgan fingerprint density at radius 2 is 1.78 bits per heavy atom. The Labute approximate surface area is 160 Å². The number of para-hydroxylation sites is 2. The average Bonchev–Trinajstić information content (AvgIpc) is 2.69. The molecule has 2 aromatic rings. The van der Waals surface area contributed by atoms with E-state index in [-0.39, 0.29) is 12.3 Å². The van der Waals surface area contributed by atoms with Crippen molar-refractivity contribution in [2.45, 2.75) is 6.42 Å². The maximum atomic E-state index is 12.7. The largest absolute Gasteiger partial charge is 0.497 e. The van der Waals surface area contributed by atoms with E-state index in [1.807, 2.05) is 30.3 Å². The highest BCUT2D eigenvalue weighted by atomic mass is 16.5. The Morgan fingerprint density at radius 3 is 2.48 bits per heavy atom. The second-order valence-electron chi connectivity index (χ2n) is 6.71. The smallest absolute Gasteiger partial charge is 0.228 e. The van der Waals surface area contributed by atoms with E-state index in [1.54, 1.807) is 20.3 Å². The summed E-state index contributed by atoms with van der Waals surface area (Å²) in [7, 11) is 5.34. The van der Waals surface area contributed by atoms with Crippen molar-refractivity contribution in [2.24, 2.45) is 0 Å². The van der Waals surface area contributed by atoms with Gasteiger partial charge in [0.25, 0.3) is 0 Å². The number of likely N-dealkylation sites (N-methyl/N-ethyl adjacent to an activating group) is 1. The van der Waals surface area contributed by atoms with Crippen molar-refractivity contribution >= 4 is 17.3 Å². The summed E-state index contributed by atoms with van der Waals surface area (Å²) in [5.74, 6) is 1.29. The van der Waals surface area contributed by atoms with E-state index in [0.29, 0.717) is 11.5 Å². The van der Waals surface area contributed by atoms with Gasteiger partial charge in [-0.15, -0.1) is 0 Å². The molecule has 3 rings (SSSR count). The quantitative estimate of drug-likeness (QED) is 0.848. The highest BCUT2D eigenvalue weighted by Gasteiger charge is 2.18. The molecule has 1 amide bonds. The molecule has 1 aliphatic rings. The van der Waals surface area contributed by atoms with Crippen molar-refractivity contribution in [1.29, 1.82) is 0 Å². The van der Waals surface area contributed by atoms with Crippen LogP contribution in [0, 0.1) is 0 Å². The third-order valence-corrected chi connectivity index (χ3v) is 4.87. The maximum absolute atomic E-state index is 12.7. The number of benzene rings is 2. The molecule has 0 aliphatic carbocycles. The molecular weight excluding hydrogens is 342 g/mol. The number of hydrogen-bond acceptors (Lipinski definition) is 5. The molecule has 0 saturated carbocycles. The summed E-state index contributed by atoms with van der Waals surface area (Å²) in [6, 6.07) is 13.5. The Bertz CT molecular complexity index is 786. The molecule has 144 valence electrons. The molecule has 2 aromatic carbocycles. The van der Waals surface area contributed by atoms with Gasteiger partial charge in [0.15, 0.2) is 0 Å². The number of amides is 1. The van der Waals surface area contributed by atoms with Gasteiger partial charge in [0, 0.05) is 37.8 Å². The van der Waals surface area contributed by atoms with E-state index in [4.69, 9.17) is 9.47 Å². The summed E-state index contributed by atoms with van der Waals surface area (Å²) >= 11 is 0. The van der Waals surface area contributed by atoms with Gasteiger partial charge in [-0.2, -0.15) is 0 Å². The third kappa shape index (κ3) is 4.71. The van der Waals surface area contributed by atoms with Gasteiger partial charge in [-0.1, -0.05) is 18.2 Å². The van der Waals surface area contributed by atoms with Crippen LogP contribution in [-0.2, 0) is 11.2 Å². The molecule has 6 nitrogen and oxygen atoms in total. The number of ether oxygens (including phenoxy) is 2. The van der Waals surface area contributed by atoms with Gasteiger partial charge in [0.1, 0.15) is 11.5 Å². The van der Waals surface area contributed by atoms with Crippen LogP contribution in [0.4, 0.5) is 11.4 Å². The Kier molecular flexibility index (Phi) is 6.19. The first-order valence-electron chi connectivity index (χ1n) is 9.14. The van der Waals surface area contributed by atoms with Crippen LogP contribution >= 0.6 is 0 Å². The van der Waals surface area contributed by atoms with Crippen molar-refractivity contribution in [1.82, 2.24) is 4.90 Å². The van der Waals surface area contributed by atoms with Crippen molar-refractivity contribution in [3.8, 4) is 11.5 Å². The molecule has 0 radical (unpaired) electrons. The highest BCUT2D eigenvalue weighted by Crippen LogP contribution is 2.28. The minimum atomic E-state index is -0.0694. The average molecular weight is 369 g/mol. The molecule has 27 heavy (non-hydrogen) atoms. The van der Waals surface area contributed by atoms with E-state index >= 15 is 0 Å². The molecule has 1 aliphatic heterocycles.